The second kappa shape index (κ2) is 9.51. The van der Waals surface area contributed by atoms with Gasteiger partial charge < -0.3 is 16.4 Å². The van der Waals surface area contributed by atoms with Crippen molar-refractivity contribution in [2.45, 2.75) is 50.6 Å². The quantitative estimate of drug-likeness (QED) is 0.278. The van der Waals surface area contributed by atoms with Gasteiger partial charge in [0.15, 0.2) is 11.4 Å². The van der Waals surface area contributed by atoms with Crippen LogP contribution in [-0.2, 0) is 0 Å². The van der Waals surface area contributed by atoms with Crippen LogP contribution in [0.3, 0.4) is 0 Å². The number of hydrogen-bond acceptors (Lipinski definition) is 9. The number of H-pyrrole nitrogens is 1. The van der Waals surface area contributed by atoms with E-state index in [1.54, 1.807) is 12.4 Å². The average molecular weight is 549 g/mol. The SMILES string of the molecule is CC(=O)c1c([C@H]2C[C@H]3CC[C@@H](C2)N3C(=O)c2n[nH]c(N)n2)nc2c(-c3ccc(-c4ccccc4)nc3)cnn2c1N. The van der Waals surface area contributed by atoms with Gasteiger partial charge in [0.2, 0.25) is 11.8 Å². The van der Waals surface area contributed by atoms with Crippen LogP contribution in [0.1, 0.15) is 65.2 Å². The Balaban J connectivity index is 1.25. The monoisotopic (exact) mass is 548 g/mol. The highest BCUT2D eigenvalue weighted by atomic mass is 16.2. The molecule has 0 spiro atoms. The van der Waals surface area contributed by atoms with Crippen molar-refractivity contribution in [3.63, 3.8) is 0 Å². The Morgan fingerprint density at radius 3 is 2.34 bits per heavy atom. The molecule has 5 N–H and O–H groups in total. The van der Waals surface area contributed by atoms with Gasteiger partial charge in [-0.2, -0.15) is 14.6 Å². The maximum absolute atomic E-state index is 13.2. The van der Waals surface area contributed by atoms with Crippen LogP contribution in [0.4, 0.5) is 11.8 Å². The van der Waals surface area contributed by atoms with Crippen LogP contribution in [0, 0.1) is 0 Å². The summed E-state index contributed by atoms with van der Waals surface area (Å²) in [5, 5.41) is 11.0. The third-order valence-electron chi connectivity index (χ3n) is 8.26. The number of ketones is 1. The zero-order valence-electron chi connectivity index (χ0n) is 22.4. The van der Waals surface area contributed by atoms with Crippen molar-refractivity contribution >= 4 is 29.1 Å². The summed E-state index contributed by atoms with van der Waals surface area (Å²) in [5.41, 5.74) is 17.4. The summed E-state index contributed by atoms with van der Waals surface area (Å²) in [5.74, 6) is -0.0120. The summed E-state index contributed by atoms with van der Waals surface area (Å²) in [6.07, 6.45) is 6.54. The lowest BCUT2D eigenvalue weighted by atomic mass is 9.85. The molecule has 2 bridgehead atoms. The van der Waals surface area contributed by atoms with E-state index in [1.165, 1.54) is 11.4 Å². The van der Waals surface area contributed by atoms with Crippen molar-refractivity contribution in [3.8, 4) is 22.4 Å². The van der Waals surface area contributed by atoms with E-state index in [9.17, 15) is 9.59 Å². The Morgan fingerprint density at radius 2 is 1.71 bits per heavy atom. The van der Waals surface area contributed by atoms with Gasteiger partial charge >= 0.3 is 0 Å². The van der Waals surface area contributed by atoms with Crippen molar-refractivity contribution < 1.29 is 9.59 Å². The van der Waals surface area contributed by atoms with Crippen LogP contribution in [0.15, 0.2) is 54.9 Å². The molecule has 6 heterocycles. The van der Waals surface area contributed by atoms with Crippen LogP contribution in [-0.4, -0.2) is 63.4 Å². The van der Waals surface area contributed by atoms with Gasteiger partial charge in [0, 0.05) is 40.9 Å². The van der Waals surface area contributed by atoms with Gasteiger partial charge in [0.05, 0.1) is 23.1 Å². The molecule has 2 aliphatic rings. The molecule has 2 saturated heterocycles. The fraction of sp³-hybridized carbons (Fsp3) is 0.276. The summed E-state index contributed by atoms with van der Waals surface area (Å²) in [6.45, 7) is 1.50. The number of anilines is 2. The van der Waals surface area contributed by atoms with Gasteiger partial charge in [0.25, 0.3) is 5.91 Å². The van der Waals surface area contributed by atoms with E-state index in [1.807, 2.05) is 47.4 Å². The Hall–Kier alpha value is -5.13. The Kier molecular flexibility index (Phi) is 5.77. The first-order chi connectivity index (χ1) is 19.9. The van der Waals surface area contributed by atoms with Crippen LogP contribution in [0.25, 0.3) is 28.0 Å². The summed E-state index contributed by atoms with van der Waals surface area (Å²) in [7, 11) is 0. The molecule has 1 amide bonds. The van der Waals surface area contributed by atoms with Gasteiger partial charge in [0.1, 0.15) is 5.82 Å². The molecule has 12 heteroatoms. The lowest BCUT2D eigenvalue weighted by molar-refractivity contribution is 0.0556. The normalized spacial score (nSPS) is 20.0. The number of rotatable bonds is 5. The second-order valence-corrected chi connectivity index (χ2v) is 10.7. The third-order valence-corrected chi connectivity index (χ3v) is 8.26. The average Bonchev–Trinajstić information content (AvgIpc) is 3.68. The highest BCUT2D eigenvalue weighted by molar-refractivity contribution is 6.00. The molecule has 7 rings (SSSR count). The largest absolute Gasteiger partial charge is 0.383 e. The van der Waals surface area contributed by atoms with E-state index in [0.29, 0.717) is 29.7 Å². The molecule has 2 fully saturated rings. The van der Waals surface area contributed by atoms with E-state index >= 15 is 0 Å². The molecule has 41 heavy (non-hydrogen) atoms. The predicted molar refractivity (Wildman–Crippen MR) is 152 cm³/mol. The fourth-order valence-electron chi connectivity index (χ4n) is 6.44. The number of nitrogens with zero attached hydrogens (tertiary/aromatic N) is 7. The van der Waals surface area contributed by atoms with Gasteiger partial charge in [-0.25, -0.2) is 10.1 Å². The fourth-order valence-corrected chi connectivity index (χ4v) is 6.44. The number of nitrogens with one attached hydrogen (secondary N) is 1. The Morgan fingerprint density at radius 1 is 0.951 bits per heavy atom. The third kappa shape index (κ3) is 4.10. The maximum Gasteiger partial charge on any atom is 0.294 e. The molecular formula is C29H28N10O2. The van der Waals surface area contributed by atoms with Crippen LogP contribution < -0.4 is 11.5 Å². The maximum atomic E-state index is 13.2. The van der Waals surface area contributed by atoms with E-state index in [4.69, 9.17) is 16.5 Å². The number of nitrogens with two attached hydrogens (primary N) is 2. The molecule has 4 aromatic heterocycles. The van der Waals surface area contributed by atoms with E-state index in [0.717, 1.165) is 35.2 Å². The molecule has 12 nitrogen and oxygen atoms in total. The molecular weight excluding hydrogens is 520 g/mol. The van der Waals surface area contributed by atoms with Gasteiger partial charge in [-0.15, -0.1) is 5.10 Å². The molecule has 0 saturated carbocycles. The van der Waals surface area contributed by atoms with Crippen molar-refractivity contribution in [1.82, 2.24) is 39.7 Å². The molecule has 2 aliphatic heterocycles. The van der Waals surface area contributed by atoms with Crippen LogP contribution in [0.2, 0.25) is 0 Å². The van der Waals surface area contributed by atoms with Crippen molar-refractivity contribution in [3.05, 3.63) is 71.9 Å². The highest BCUT2D eigenvalue weighted by Gasteiger charge is 2.46. The number of pyridine rings is 1. The molecule has 3 atom stereocenters. The van der Waals surface area contributed by atoms with Gasteiger partial charge in [-0.1, -0.05) is 36.4 Å². The summed E-state index contributed by atoms with van der Waals surface area (Å²) < 4.78 is 1.53. The number of nitrogen functional groups attached to an aromatic ring is 2. The van der Waals surface area contributed by atoms with Crippen molar-refractivity contribution in [1.29, 1.82) is 0 Å². The van der Waals surface area contributed by atoms with Gasteiger partial charge in [-0.05, 0) is 38.7 Å². The summed E-state index contributed by atoms with van der Waals surface area (Å²) in [6, 6.07) is 13.9. The number of hydrogen-bond donors (Lipinski definition) is 3. The number of carbonyl (C=O) groups excluding carboxylic acids is 2. The number of aromatic amines is 1. The molecule has 5 aromatic rings. The van der Waals surface area contributed by atoms with E-state index < -0.39 is 0 Å². The predicted octanol–water partition coefficient (Wildman–Crippen LogP) is 3.49. The van der Waals surface area contributed by atoms with Crippen molar-refractivity contribution in [2.75, 3.05) is 11.5 Å². The molecule has 0 aliphatic carbocycles. The molecule has 206 valence electrons. The lowest BCUT2D eigenvalue weighted by Gasteiger charge is -2.38. The smallest absolute Gasteiger partial charge is 0.294 e. The minimum absolute atomic E-state index is 0.0239. The van der Waals surface area contributed by atoms with Gasteiger partial charge in [-0.3, -0.25) is 14.6 Å². The molecule has 0 unspecified atom stereocenters. The Labute approximate surface area is 234 Å². The lowest BCUT2D eigenvalue weighted by Crippen LogP contribution is -2.46. The summed E-state index contributed by atoms with van der Waals surface area (Å²) >= 11 is 0. The number of amides is 1. The van der Waals surface area contributed by atoms with Crippen molar-refractivity contribution in [2.24, 2.45) is 0 Å². The first-order valence-corrected chi connectivity index (χ1v) is 13.6. The first kappa shape index (κ1) is 24.9. The number of piperidine rings is 1. The van der Waals surface area contributed by atoms with E-state index in [-0.39, 0.29) is 47.3 Å². The second-order valence-electron chi connectivity index (χ2n) is 10.7. The minimum Gasteiger partial charge on any atom is -0.383 e. The highest BCUT2D eigenvalue weighted by Crippen LogP contribution is 2.45. The van der Waals surface area contributed by atoms with Crippen LogP contribution >= 0.6 is 0 Å². The molecule has 0 radical (unpaired) electrons. The number of benzene rings is 1. The number of Topliss-reactive ketones (excluding diaryl/α,β-unsaturated/α-hetero) is 1. The first-order valence-electron chi connectivity index (χ1n) is 13.6. The standard InChI is InChI=1S/C29H28N10O2/c1-15(40)23-24(18-11-19-8-9-20(12-18)38(19)28(41)26-35-29(31)37-36-26)34-27-21(14-33-39(27)25(23)30)17-7-10-22(32-13-17)16-5-3-2-4-6-16/h2-7,10,13-14,18-20H,8-9,11-12,30H2,1H3,(H3,31,35,36,37)/t18-,19+,20-. The zero-order valence-corrected chi connectivity index (χ0v) is 22.4. The zero-order chi connectivity index (χ0) is 28.2. The number of carbonyl (C=O) groups is 2. The number of aromatic nitrogens is 7. The van der Waals surface area contributed by atoms with Crippen LogP contribution in [0.5, 0.6) is 0 Å². The summed E-state index contributed by atoms with van der Waals surface area (Å²) in [4.78, 5) is 41.7. The molecule has 1 aromatic carbocycles. The minimum atomic E-state index is -0.233. The number of fused-ring (bicyclic) bond motifs is 3. The van der Waals surface area contributed by atoms with E-state index in [2.05, 4.69) is 25.3 Å². The topological polar surface area (TPSA) is 174 Å². The Bertz CT molecular complexity index is 1780.